The minimum atomic E-state index is 0.570. The van der Waals surface area contributed by atoms with E-state index in [-0.39, 0.29) is 0 Å². The number of hydrogen-bond acceptors (Lipinski definition) is 3. The maximum absolute atomic E-state index is 3.79. The summed E-state index contributed by atoms with van der Waals surface area (Å²) in [5.41, 5.74) is 0.570. The molecular formula is C15H29N3. The number of nitrogens with one attached hydrogen (secondary N) is 1. The minimum absolute atomic E-state index is 0.570. The van der Waals surface area contributed by atoms with E-state index in [4.69, 9.17) is 0 Å². The van der Waals surface area contributed by atoms with Crippen LogP contribution in [0.15, 0.2) is 0 Å². The third-order valence-electron chi connectivity index (χ3n) is 5.12. The molecule has 104 valence electrons. The van der Waals surface area contributed by atoms with Crippen LogP contribution in [0.25, 0.3) is 0 Å². The van der Waals surface area contributed by atoms with E-state index in [1.54, 1.807) is 0 Å². The summed E-state index contributed by atoms with van der Waals surface area (Å²) in [7, 11) is 2.25. The molecule has 2 aliphatic heterocycles. The van der Waals surface area contributed by atoms with Crippen LogP contribution < -0.4 is 5.32 Å². The average Bonchev–Trinajstić information content (AvgIpc) is 3.04. The van der Waals surface area contributed by atoms with Crippen molar-refractivity contribution in [1.29, 1.82) is 0 Å². The SMILES string of the molecule is CN1CCC(C)(CN2CCC(NC3CC3)C2)CC1. The topological polar surface area (TPSA) is 18.5 Å². The molecule has 0 aromatic heterocycles. The maximum Gasteiger partial charge on any atom is 0.0209 e. The molecule has 3 fully saturated rings. The van der Waals surface area contributed by atoms with Crippen LogP contribution in [-0.2, 0) is 0 Å². The molecule has 1 N–H and O–H groups in total. The van der Waals surface area contributed by atoms with E-state index in [9.17, 15) is 0 Å². The zero-order chi connectivity index (χ0) is 12.6. The highest BCUT2D eigenvalue weighted by atomic mass is 15.2. The predicted molar refractivity (Wildman–Crippen MR) is 75.8 cm³/mol. The average molecular weight is 251 g/mol. The van der Waals surface area contributed by atoms with Crippen LogP contribution >= 0.6 is 0 Å². The van der Waals surface area contributed by atoms with Crippen LogP contribution in [0.5, 0.6) is 0 Å². The van der Waals surface area contributed by atoms with Gasteiger partial charge < -0.3 is 15.1 Å². The Morgan fingerprint density at radius 2 is 1.78 bits per heavy atom. The summed E-state index contributed by atoms with van der Waals surface area (Å²) in [4.78, 5) is 5.19. The van der Waals surface area contributed by atoms with Crippen molar-refractivity contribution in [1.82, 2.24) is 15.1 Å². The first-order chi connectivity index (χ1) is 8.63. The Bertz CT molecular complexity index is 279. The Kier molecular flexibility index (Phi) is 3.65. The molecular weight excluding hydrogens is 222 g/mol. The zero-order valence-electron chi connectivity index (χ0n) is 12.1. The number of nitrogens with zero attached hydrogens (tertiary/aromatic N) is 2. The molecule has 1 aliphatic carbocycles. The van der Waals surface area contributed by atoms with Crippen molar-refractivity contribution in [3.05, 3.63) is 0 Å². The molecule has 0 bridgehead atoms. The van der Waals surface area contributed by atoms with Gasteiger partial charge >= 0.3 is 0 Å². The fraction of sp³-hybridized carbons (Fsp3) is 1.00. The van der Waals surface area contributed by atoms with Crippen molar-refractivity contribution in [2.24, 2.45) is 5.41 Å². The molecule has 1 saturated carbocycles. The normalized spacial score (nSPS) is 34.0. The fourth-order valence-corrected chi connectivity index (χ4v) is 3.55. The van der Waals surface area contributed by atoms with Crippen LogP contribution in [0.1, 0.15) is 39.0 Å². The standard InChI is InChI=1S/C15H29N3/c1-15(6-9-17(2)10-7-15)12-18-8-5-14(11-18)16-13-3-4-13/h13-14,16H,3-12H2,1-2H3. The summed E-state index contributed by atoms with van der Waals surface area (Å²) in [5, 5.41) is 3.79. The van der Waals surface area contributed by atoms with Crippen molar-refractivity contribution < 1.29 is 0 Å². The summed E-state index contributed by atoms with van der Waals surface area (Å²) in [6.45, 7) is 9.01. The van der Waals surface area contributed by atoms with Gasteiger partial charge in [-0.15, -0.1) is 0 Å². The highest BCUT2D eigenvalue weighted by molar-refractivity contribution is 4.92. The van der Waals surface area contributed by atoms with Gasteiger partial charge in [0.25, 0.3) is 0 Å². The van der Waals surface area contributed by atoms with Crippen LogP contribution in [0.3, 0.4) is 0 Å². The fourth-order valence-electron chi connectivity index (χ4n) is 3.55. The zero-order valence-corrected chi connectivity index (χ0v) is 12.1. The summed E-state index contributed by atoms with van der Waals surface area (Å²) in [6, 6.07) is 1.65. The second-order valence-corrected chi connectivity index (χ2v) is 7.28. The van der Waals surface area contributed by atoms with Crippen LogP contribution in [-0.4, -0.2) is 61.7 Å². The summed E-state index contributed by atoms with van der Waals surface area (Å²) in [5.74, 6) is 0. The molecule has 2 saturated heterocycles. The largest absolute Gasteiger partial charge is 0.310 e. The van der Waals surface area contributed by atoms with E-state index < -0.39 is 0 Å². The van der Waals surface area contributed by atoms with E-state index in [1.165, 1.54) is 64.8 Å². The van der Waals surface area contributed by atoms with E-state index in [0.29, 0.717) is 5.41 Å². The first kappa shape index (κ1) is 12.9. The highest BCUT2D eigenvalue weighted by Gasteiger charge is 2.34. The third kappa shape index (κ3) is 3.25. The van der Waals surface area contributed by atoms with Crippen LogP contribution in [0, 0.1) is 5.41 Å². The van der Waals surface area contributed by atoms with Gasteiger partial charge in [-0.05, 0) is 64.2 Å². The smallest absolute Gasteiger partial charge is 0.0209 e. The Morgan fingerprint density at radius 3 is 2.44 bits per heavy atom. The predicted octanol–water partition coefficient (Wildman–Crippen LogP) is 1.54. The van der Waals surface area contributed by atoms with E-state index in [2.05, 4.69) is 29.1 Å². The van der Waals surface area contributed by atoms with E-state index in [1.807, 2.05) is 0 Å². The molecule has 0 aromatic rings. The number of rotatable bonds is 4. The Labute approximate surface area is 112 Å². The maximum atomic E-state index is 3.79. The molecule has 3 heteroatoms. The summed E-state index contributed by atoms with van der Waals surface area (Å²) >= 11 is 0. The van der Waals surface area contributed by atoms with Gasteiger partial charge in [0.1, 0.15) is 0 Å². The Hall–Kier alpha value is -0.120. The van der Waals surface area contributed by atoms with Gasteiger partial charge in [0.15, 0.2) is 0 Å². The van der Waals surface area contributed by atoms with Crippen molar-refractivity contribution in [3.63, 3.8) is 0 Å². The van der Waals surface area contributed by atoms with Gasteiger partial charge in [-0.3, -0.25) is 0 Å². The molecule has 18 heavy (non-hydrogen) atoms. The number of hydrogen-bond donors (Lipinski definition) is 1. The second kappa shape index (κ2) is 5.10. The van der Waals surface area contributed by atoms with Crippen LogP contribution in [0.2, 0.25) is 0 Å². The Morgan fingerprint density at radius 1 is 1.06 bits per heavy atom. The summed E-state index contributed by atoms with van der Waals surface area (Å²) < 4.78 is 0. The van der Waals surface area contributed by atoms with Gasteiger partial charge in [-0.1, -0.05) is 6.92 Å². The molecule has 0 aromatic carbocycles. The van der Waals surface area contributed by atoms with Crippen LogP contribution in [0.4, 0.5) is 0 Å². The lowest BCUT2D eigenvalue weighted by Crippen LogP contribution is -2.44. The third-order valence-corrected chi connectivity index (χ3v) is 5.12. The summed E-state index contributed by atoms with van der Waals surface area (Å²) in [6.07, 6.45) is 6.95. The van der Waals surface area contributed by atoms with Gasteiger partial charge in [0.05, 0.1) is 0 Å². The van der Waals surface area contributed by atoms with Crippen molar-refractivity contribution in [2.75, 3.05) is 39.8 Å². The molecule has 2 heterocycles. The quantitative estimate of drug-likeness (QED) is 0.818. The molecule has 3 aliphatic rings. The van der Waals surface area contributed by atoms with Crippen molar-refractivity contribution in [2.45, 2.75) is 51.1 Å². The first-order valence-corrected chi connectivity index (χ1v) is 7.80. The van der Waals surface area contributed by atoms with Crippen molar-refractivity contribution in [3.8, 4) is 0 Å². The van der Waals surface area contributed by atoms with E-state index in [0.717, 1.165) is 12.1 Å². The van der Waals surface area contributed by atoms with E-state index >= 15 is 0 Å². The number of piperidine rings is 1. The van der Waals surface area contributed by atoms with Gasteiger partial charge in [-0.25, -0.2) is 0 Å². The Balaban J connectivity index is 1.45. The molecule has 0 radical (unpaired) electrons. The molecule has 0 spiro atoms. The van der Waals surface area contributed by atoms with Crippen molar-refractivity contribution >= 4 is 0 Å². The van der Waals surface area contributed by atoms with Gasteiger partial charge in [-0.2, -0.15) is 0 Å². The monoisotopic (exact) mass is 251 g/mol. The molecule has 3 rings (SSSR count). The highest BCUT2D eigenvalue weighted by Crippen LogP contribution is 2.32. The molecule has 3 nitrogen and oxygen atoms in total. The lowest BCUT2D eigenvalue weighted by atomic mass is 9.80. The minimum Gasteiger partial charge on any atom is -0.310 e. The second-order valence-electron chi connectivity index (χ2n) is 7.28. The lowest BCUT2D eigenvalue weighted by Gasteiger charge is -2.40. The molecule has 1 atom stereocenters. The first-order valence-electron chi connectivity index (χ1n) is 7.80. The molecule has 1 unspecified atom stereocenters. The molecule has 0 amide bonds. The van der Waals surface area contributed by atoms with Gasteiger partial charge in [0, 0.05) is 25.2 Å². The number of likely N-dealkylation sites (tertiary alicyclic amines) is 2. The van der Waals surface area contributed by atoms with Gasteiger partial charge in [0.2, 0.25) is 0 Å². The lowest BCUT2D eigenvalue weighted by molar-refractivity contribution is 0.0960.